The van der Waals surface area contributed by atoms with Gasteiger partial charge in [-0.05, 0) is 13.8 Å². The van der Waals surface area contributed by atoms with Crippen molar-refractivity contribution in [2.24, 2.45) is 0 Å². The fourth-order valence-corrected chi connectivity index (χ4v) is 1.09. The third-order valence-corrected chi connectivity index (χ3v) is 2.11. The summed E-state index contributed by atoms with van der Waals surface area (Å²) in [5.41, 5.74) is 0. The molecule has 0 bridgehead atoms. The second-order valence-corrected chi connectivity index (χ2v) is 3.35. The summed E-state index contributed by atoms with van der Waals surface area (Å²) in [6.45, 7) is 3.80. The standard InChI is InChI=1S/C9H14ClN3O/c1-6(5-10)11-8-4-9(14-3)13-7(2)12-8/h4,6H,5H2,1-3H3,(H,11,12,13). The first kappa shape index (κ1) is 11.0. The van der Waals surface area contributed by atoms with E-state index in [1.165, 1.54) is 0 Å². The number of hydrogen-bond acceptors (Lipinski definition) is 4. The maximum Gasteiger partial charge on any atom is 0.218 e. The Balaban J connectivity index is 2.81. The van der Waals surface area contributed by atoms with Crippen LogP contribution in [-0.4, -0.2) is 29.0 Å². The number of rotatable bonds is 4. The van der Waals surface area contributed by atoms with Gasteiger partial charge in [0.15, 0.2) is 0 Å². The minimum absolute atomic E-state index is 0.177. The van der Waals surface area contributed by atoms with Crippen LogP contribution in [0.5, 0.6) is 5.88 Å². The molecule has 0 aliphatic carbocycles. The van der Waals surface area contributed by atoms with Crippen molar-refractivity contribution in [1.29, 1.82) is 0 Å². The van der Waals surface area contributed by atoms with Gasteiger partial charge < -0.3 is 10.1 Å². The molecule has 0 fully saturated rings. The average molecular weight is 216 g/mol. The van der Waals surface area contributed by atoms with E-state index in [0.29, 0.717) is 17.6 Å². The number of hydrogen-bond donors (Lipinski definition) is 1. The highest BCUT2D eigenvalue weighted by Crippen LogP contribution is 2.13. The lowest BCUT2D eigenvalue weighted by Crippen LogP contribution is -2.17. The van der Waals surface area contributed by atoms with Crippen LogP contribution >= 0.6 is 11.6 Å². The smallest absolute Gasteiger partial charge is 0.218 e. The van der Waals surface area contributed by atoms with Crippen molar-refractivity contribution < 1.29 is 4.74 Å². The molecule has 14 heavy (non-hydrogen) atoms. The van der Waals surface area contributed by atoms with Gasteiger partial charge in [-0.1, -0.05) is 0 Å². The predicted octanol–water partition coefficient (Wildman–Crippen LogP) is 1.83. The summed E-state index contributed by atoms with van der Waals surface area (Å²) in [4.78, 5) is 8.29. The van der Waals surface area contributed by atoms with Crippen molar-refractivity contribution in [3.63, 3.8) is 0 Å². The van der Waals surface area contributed by atoms with E-state index in [4.69, 9.17) is 16.3 Å². The first-order valence-corrected chi connectivity index (χ1v) is 4.91. The van der Waals surface area contributed by atoms with Crippen molar-refractivity contribution in [2.45, 2.75) is 19.9 Å². The number of aryl methyl sites for hydroxylation is 1. The Morgan fingerprint density at radius 3 is 2.86 bits per heavy atom. The molecule has 0 spiro atoms. The van der Waals surface area contributed by atoms with Gasteiger partial charge in [-0.3, -0.25) is 0 Å². The Labute approximate surface area is 88.7 Å². The van der Waals surface area contributed by atoms with E-state index in [-0.39, 0.29) is 6.04 Å². The largest absolute Gasteiger partial charge is 0.481 e. The van der Waals surface area contributed by atoms with E-state index >= 15 is 0 Å². The van der Waals surface area contributed by atoms with Crippen molar-refractivity contribution in [1.82, 2.24) is 9.97 Å². The Bertz CT molecular complexity index is 306. The molecule has 1 aromatic rings. The van der Waals surface area contributed by atoms with Crippen LogP contribution in [0.15, 0.2) is 6.07 Å². The first-order valence-electron chi connectivity index (χ1n) is 4.38. The van der Waals surface area contributed by atoms with Crippen LogP contribution in [0.2, 0.25) is 0 Å². The number of nitrogens with one attached hydrogen (secondary N) is 1. The maximum atomic E-state index is 5.68. The van der Waals surface area contributed by atoms with E-state index in [9.17, 15) is 0 Å². The van der Waals surface area contributed by atoms with Gasteiger partial charge in [0.2, 0.25) is 5.88 Å². The molecule has 1 unspecified atom stereocenters. The van der Waals surface area contributed by atoms with Crippen LogP contribution < -0.4 is 10.1 Å². The topological polar surface area (TPSA) is 47.0 Å². The van der Waals surface area contributed by atoms with Gasteiger partial charge >= 0.3 is 0 Å². The third kappa shape index (κ3) is 3.03. The molecular weight excluding hydrogens is 202 g/mol. The normalized spacial score (nSPS) is 12.3. The summed E-state index contributed by atoms with van der Waals surface area (Å²) >= 11 is 5.68. The highest BCUT2D eigenvalue weighted by molar-refractivity contribution is 6.18. The zero-order chi connectivity index (χ0) is 10.6. The van der Waals surface area contributed by atoms with Gasteiger partial charge in [-0.2, -0.15) is 4.98 Å². The monoisotopic (exact) mass is 215 g/mol. The maximum absolute atomic E-state index is 5.68. The van der Waals surface area contributed by atoms with Crippen LogP contribution in [0.3, 0.4) is 0 Å². The van der Waals surface area contributed by atoms with Gasteiger partial charge in [-0.15, -0.1) is 11.6 Å². The van der Waals surface area contributed by atoms with E-state index in [2.05, 4.69) is 15.3 Å². The molecule has 4 nitrogen and oxygen atoms in total. The molecule has 0 aliphatic heterocycles. The fourth-order valence-electron chi connectivity index (χ4n) is 1.01. The summed E-state index contributed by atoms with van der Waals surface area (Å²) in [5.74, 6) is 2.50. The molecule has 0 amide bonds. The average Bonchev–Trinajstić information content (AvgIpc) is 2.16. The third-order valence-electron chi connectivity index (χ3n) is 1.65. The molecular formula is C9H14ClN3O. The van der Waals surface area contributed by atoms with Gasteiger partial charge in [0.05, 0.1) is 7.11 Å². The van der Waals surface area contributed by atoms with Gasteiger partial charge in [0.25, 0.3) is 0 Å². The quantitative estimate of drug-likeness (QED) is 0.779. The van der Waals surface area contributed by atoms with Crippen molar-refractivity contribution >= 4 is 17.4 Å². The number of aromatic nitrogens is 2. The SMILES string of the molecule is COc1cc(NC(C)CCl)nc(C)n1. The summed E-state index contributed by atoms with van der Waals surface area (Å²) in [7, 11) is 1.58. The van der Waals surface area contributed by atoms with Crippen molar-refractivity contribution in [3.05, 3.63) is 11.9 Å². The van der Waals surface area contributed by atoms with Gasteiger partial charge in [0.1, 0.15) is 11.6 Å². The lowest BCUT2D eigenvalue weighted by atomic mass is 10.4. The second-order valence-electron chi connectivity index (χ2n) is 3.04. The molecule has 5 heteroatoms. The molecule has 0 radical (unpaired) electrons. The number of ether oxygens (including phenoxy) is 1. The minimum atomic E-state index is 0.177. The second kappa shape index (κ2) is 5.00. The van der Waals surface area contributed by atoms with Crippen molar-refractivity contribution in [3.8, 4) is 5.88 Å². The zero-order valence-corrected chi connectivity index (χ0v) is 9.30. The van der Waals surface area contributed by atoms with E-state index in [1.807, 2.05) is 13.8 Å². The summed E-state index contributed by atoms with van der Waals surface area (Å²) in [6.07, 6.45) is 0. The van der Waals surface area contributed by atoms with Crippen LogP contribution in [0.4, 0.5) is 5.82 Å². The number of anilines is 1. The van der Waals surface area contributed by atoms with Crippen LogP contribution in [-0.2, 0) is 0 Å². The summed E-state index contributed by atoms with van der Waals surface area (Å²) in [6, 6.07) is 1.92. The van der Waals surface area contributed by atoms with Crippen molar-refractivity contribution in [2.75, 3.05) is 18.3 Å². The number of alkyl halides is 1. The number of nitrogens with zero attached hydrogens (tertiary/aromatic N) is 2. The Morgan fingerprint density at radius 1 is 1.57 bits per heavy atom. The van der Waals surface area contributed by atoms with E-state index < -0.39 is 0 Å². The van der Waals surface area contributed by atoms with Crippen LogP contribution in [0.1, 0.15) is 12.7 Å². The molecule has 1 atom stereocenters. The Hall–Kier alpha value is -1.03. The lowest BCUT2D eigenvalue weighted by molar-refractivity contribution is 0.396. The number of methoxy groups -OCH3 is 1. The number of halogens is 1. The highest BCUT2D eigenvalue weighted by atomic mass is 35.5. The summed E-state index contributed by atoms with van der Waals surface area (Å²) in [5, 5.41) is 3.14. The van der Waals surface area contributed by atoms with Crippen LogP contribution in [0.25, 0.3) is 0 Å². The molecule has 1 rings (SSSR count). The van der Waals surface area contributed by atoms with Gasteiger partial charge in [0, 0.05) is 18.0 Å². The zero-order valence-electron chi connectivity index (χ0n) is 8.54. The molecule has 0 saturated heterocycles. The first-order chi connectivity index (χ1) is 6.65. The molecule has 78 valence electrons. The molecule has 1 aromatic heterocycles. The van der Waals surface area contributed by atoms with Gasteiger partial charge in [-0.25, -0.2) is 4.98 Å². The van der Waals surface area contributed by atoms with E-state index in [1.54, 1.807) is 13.2 Å². The Kier molecular flexibility index (Phi) is 3.95. The fraction of sp³-hybridized carbons (Fsp3) is 0.556. The molecule has 0 aliphatic rings. The minimum Gasteiger partial charge on any atom is -0.481 e. The lowest BCUT2D eigenvalue weighted by Gasteiger charge is -2.12. The highest BCUT2D eigenvalue weighted by Gasteiger charge is 2.04. The predicted molar refractivity (Wildman–Crippen MR) is 57.1 cm³/mol. The molecule has 1 N–H and O–H groups in total. The molecule has 0 aromatic carbocycles. The van der Waals surface area contributed by atoms with E-state index in [0.717, 1.165) is 5.82 Å². The Morgan fingerprint density at radius 2 is 2.29 bits per heavy atom. The summed E-state index contributed by atoms with van der Waals surface area (Å²) < 4.78 is 5.03. The van der Waals surface area contributed by atoms with Crippen LogP contribution in [0, 0.1) is 6.92 Å². The molecule has 0 saturated carbocycles. The molecule has 1 heterocycles.